The highest BCUT2D eigenvalue weighted by atomic mass is 32.2. The molecule has 1 saturated carbocycles. The number of aliphatic hydroxyl groups is 1. The van der Waals surface area contributed by atoms with Crippen LogP contribution < -0.4 is 10.6 Å². The van der Waals surface area contributed by atoms with Gasteiger partial charge in [0.05, 0.1) is 17.5 Å². The largest absolute Gasteiger partial charge is 0.395 e. The third kappa shape index (κ3) is 4.60. The maximum absolute atomic E-state index is 13.0. The molecular weight excluding hydrogens is 382 g/mol. The molecule has 0 spiro atoms. The molecule has 2 fully saturated rings. The molecule has 1 aromatic carbocycles. The molecule has 1 aliphatic carbocycles. The number of aliphatic hydroxyl groups excluding tert-OH is 1. The van der Waals surface area contributed by atoms with E-state index in [0.717, 1.165) is 18.9 Å². The highest BCUT2D eigenvalue weighted by molar-refractivity contribution is 7.89. The van der Waals surface area contributed by atoms with E-state index in [-0.39, 0.29) is 29.9 Å². The first kappa shape index (κ1) is 20.5. The third-order valence-corrected chi connectivity index (χ3v) is 7.01. The lowest BCUT2D eigenvalue weighted by atomic mass is 10.2. The van der Waals surface area contributed by atoms with E-state index >= 15 is 0 Å². The number of sulfonamides is 1. The van der Waals surface area contributed by atoms with Gasteiger partial charge in [-0.1, -0.05) is 6.58 Å². The first-order valence-corrected chi connectivity index (χ1v) is 10.7. The summed E-state index contributed by atoms with van der Waals surface area (Å²) in [4.78, 5) is 23.6. The molecule has 8 nitrogen and oxygen atoms in total. The van der Waals surface area contributed by atoms with Crippen LogP contribution in [0.4, 0.5) is 0 Å². The molecule has 28 heavy (non-hydrogen) atoms. The van der Waals surface area contributed by atoms with Crippen molar-refractivity contribution >= 4 is 21.8 Å². The van der Waals surface area contributed by atoms with Crippen molar-refractivity contribution in [3.05, 3.63) is 42.5 Å². The Morgan fingerprint density at radius 1 is 1.25 bits per heavy atom. The molecule has 0 bridgehead atoms. The van der Waals surface area contributed by atoms with Crippen LogP contribution in [0.5, 0.6) is 0 Å². The van der Waals surface area contributed by atoms with E-state index in [1.165, 1.54) is 28.6 Å². The lowest BCUT2D eigenvalue weighted by Gasteiger charge is -2.22. The number of hydrogen-bond acceptors (Lipinski definition) is 5. The Bertz CT molecular complexity index is 849. The second-order valence-corrected chi connectivity index (χ2v) is 9.12. The molecular formula is C19H25N3O5S. The van der Waals surface area contributed by atoms with Gasteiger partial charge < -0.3 is 15.7 Å². The molecule has 1 heterocycles. The number of nitrogens with zero attached hydrogens (tertiary/aromatic N) is 1. The summed E-state index contributed by atoms with van der Waals surface area (Å²) in [5.41, 5.74) is 0.399. The van der Waals surface area contributed by atoms with Gasteiger partial charge >= 0.3 is 0 Å². The van der Waals surface area contributed by atoms with Crippen molar-refractivity contribution in [1.29, 1.82) is 0 Å². The average Bonchev–Trinajstić information content (AvgIpc) is 3.44. The van der Waals surface area contributed by atoms with Gasteiger partial charge in [-0.05, 0) is 55.5 Å². The van der Waals surface area contributed by atoms with E-state index in [4.69, 9.17) is 0 Å². The number of carbonyl (C=O) groups is 2. The summed E-state index contributed by atoms with van der Waals surface area (Å²) in [6, 6.07) is 4.73. The van der Waals surface area contributed by atoms with Crippen LogP contribution in [0, 0.1) is 5.92 Å². The normalized spacial score (nSPS) is 22.6. The van der Waals surface area contributed by atoms with E-state index in [2.05, 4.69) is 17.2 Å². The highest BCUT2D eigenvalue weighted by Crippen LogP contribution is 2.28. The van der Waals surface area contributed by atoms with E-state index in [9.17, 15) is 23.1 Å². The van der Waals surface area contributed by atoms with Crippen LogP contribution in [0.3, 0.4) is 0 Å². The van der Waals surface area contributed by atoms with Gasteiger partial charge in [0.25, 0.3) is 5.91 Å². The average molecular weight is 407 g/mol. The first-order chi connectivity index (χ1) is 13.3. The van der Waals surface area contributed by atoms with Crippen LogP contribution in [0.1, 0.15) is 29.6 Å². The molecule has 1 saturated heterocycles. The Kier molecular flexibility index (Phi) is 6.17. The number of amides is 2. The molecule has 3 rings (SSSR count). The van der Waals surface area contributed by atoms with Crippen LogP contribution in [-0.4, -0.2) is 61.4 Å². The summed E-state index contributed by atoms with van der Waals surface area (Å²) < 4.78 is 27.2. The summed E-state index contributed by atoms with van der Waals surface area (Å²) in [7, 11) is -3.87. The van der Waals surface area contributed by atoms with Gasteiger partial charge in [0, 0.05) is 24.7 Å². The number of benzene rings is 1. The Morgan fingerprint density at radius 3 is 2.50 bits per heavy atom. The maximum Gasteiger partial charge on any atom is 0.251 e. The van der Waals surface area contributed by atoms with Gasteiger partial charge in [0.1, 0.15) is 0 Å². The summed E-state index contributed by atoms with van der Waals surface area (Å²) in [5, 5.41) is 15.1. The van der Waals surface area contributed by atoms with Crippen molar-refractivity contribution in [1.82, 2.24) is 14.9 Å². The number of carbonyl (C=O) groups excluding carboxylic acids is 2. The van der Waals surface area contributed by atoms with Gasteiger partial charge in [-0.25, -0.2) is 8.42 Å². The fourth-order valence-corrected chi connectivity index (χ4v) is 4.96. The SMILES string of the molecule is C=CC(=O)NC1CC(CO)N(S(=O)(=O)c2ccc(C(=O)NCC3CC3)cc2)C1. The zero-order chi connectivity index (χ0) is 20.3. The predicted molar refractivity (Wildman–Crippen MR) is 103 cm³/mol. The fraction of sp³-hybridized carbons (Fsp3) is 0.474. The third-order valence-electron chi connectivity index (χ3n) is 5.08. The zero-order valence-corrected chi connectivity index (χ0v) is 16.3. The van der Waals surface area contributed by atoms with E-state index < -0.39 is 22.1 Å². The predicted octanol–water partition coefficient (Wildman–Crippen LogP) is 0.253. The molecule has 2 atom stereocenters. The molecule has 2 aliphatic rings. The fourth-order valence-electron chi connectivity index (χ4n) is 3.29. The molecule has 2 amide bonds. The van der Waals surface area contributed by atoms with Gasteiger partial charge in [0.15, 0.2) is 0 Å². The smallest absolute Gasteiger partial charge is 0.251 e. The topological polar surface area (TPSA) is 116 Å². The summed E-state index contributed by atoms with van der Waals surface area (Å²) in [6.07, 6.45) is 3.70. The quantitative estimate of drug-likeness (QED) is 0.535. The van der Waals surface area contributed by atoms with Gasteiger partial charge in [-0.2, -0.15) is 4.31 Å². The number of hydrogen-bond donors (Lipinski definition) is 3. The van der Waals surface area contributed by atoms with Crippen molar-refractivity contribution in [2.24, 2.45) is 5.92 Å². The van der Waals surface area contributed by atoms with Crippen molar-refractivity contribution < 1.29 is 23.1 Å². The second-order valence-electron chi connectivity index (χ2n) is 7.23. The molecule has 1 aromatic rings. The Labute approximate surface area is 164 Å². The van der Waals surface area contributed by atoms with Crippen LogP contribution in [0.2, 0.25) is 0 Å². The number of nitrogens with one attached hydrogen (secondary N) is 2. The molecule has 0 radical (unpaired) electrons. The van der Waals surface area contributed by atoms with Crippen LogP contribution >= 0.6 is 0 Å². The van der Waals surface area contributed by atoms with E-state index in [1.807, 2.05) is 0 Å². The monoisotopic (exact) mass is 407 g/mol. The molecule has 152 valence electrons. The van der Waals surface area contributed by atoms with Crippen molar-refractivity contribution in [2.75, 3.05) is 19.7 Å². The zero-order valence-electron chi connectivity index (χ0n) is 15.5. The van der Waals surface area contributed by atoms with Crippen molar-refractivity contribution in [3.63, 3.8) is 0 Å². The Hall–Kier alpha value is -2.23. The Balaban J connectivity index is 1.70. The van der Waals surface area contributed by atoms with Crippen LogP contribution in [-0.2, 0) is 14.8 Å². The summed E-state index contributed by atoms with van der Waals surface area (Å²) >= 11 is 0. The molecule has 0 aromatic heterocycles. The lowest BCUT2D eigenvalue weighted by Crippen LogP contribution is -2.39. The second kappa shape index (κ2) is 8.42. The maximum atomic E-state index is 13.0. The molecule has 9 heteroatoms. The minimum absolute atomic E-state index is 0.0420. The standard InChI is InChI=1S/C19H25N3O5S/c1-2-18(24)21-15-9-16(12-23)22(11-15)28(26,27)17-7-5-14(6-8-17)19(25)20-10-13-3-4-13/h2,5-8,13,15-16,23H,1,3-4,9-12H2,(H,20,25)(H,21,24). The summed E-state index contributed by atoms with van der Waals surface area (Å²) in [6.45, 7) is 3.74. The minimum atomic E-state index is -3.87. The minimum Gasteiger partial charge on any atom is -0.395 e. The van der Waals surface area contributed by atoms with E-state index in [1.54, 1.807) is 0 Å². The lowest BCUT2D eigenvalue weighted by molar-refractivity contribution is -0.117. The Morgan fingerprint density at radius 2 is 1.93 bits per heavy atom. The van der Waals surface area contributed by atoms with Crippen LogP contribution in [0.15, 0.2) is 41.8 Å². The first-order valence-electron chi connectivity index (χ1n) is 9.29. The summed E-state index contributed by atoms with van der Waals surface area (Å²) in [5.74, 6) is -0.0522. The van der Waals surface area contributed by atoms with Crippen molar-refractivity contribution in [3.8, 4) is 0 Å². The van der Waals surface area contributed by atoms with Crippen LogP contribution in [0.25, 0.3) is 0 Å². The number of rotatable bonds is 8. The highest BCUT2D eigenvalue weighted by Gasteiger charge is 2.40. The van der Waals surface area contributed by atoms with Gasteiger partial charge in [0.2, 0.25) is 15.9 Å². The molecule has 2 unspecified atom stereocenters. The van der Waals surface area contributed by atoms with E-state index in [0.29, 0.717) is 24.4 Å². The molecule has 1 aliphatic heterocycles. The van der Waals surface area contributed by atoms with Crippen molar-refractivity contribution in [2.45, 2.75) is 36.2 Å². The molecule has 3 N–H and O–H groups in total. The van der Waals surface area contributed by atoms with Gasteiger partial charge in [-0.15, -0.1) is 0 Å². The van der Waals surface area contributed by atoms with Gasteiger partial charge in [-0.3, -0.25) is 9.59 Å².